The number of nitrogens with zero attached hydrogens (tertiary/aromatic N) is 4. The van der Waals surface area contributed by atoms with Crippen molar-refractivity contribution in [2.75, 3.05) is 13.2 Å². The van der Waals surface area contributed by atoms with Crippen molar-refractivity contribution >= 4 is 40.9 Å². The first kappa shape index (κ1) is 23.1. The third-order valence-corrected chi connectivity index (χ3v) is 4.99. The molecule has 30 heavy (non-hydrogen) atoms. The molecule has 1 aliphatic heterocycles. The van der Waals surface area contributed by atoms with Crippen LogP contribution < -0.4 is 0 Å². The number of carbonyl (C=O) groups is 1. The van der Waals surface area contributed by atoms with Crippen molar-refractivity contribution in [2.24, 2.45) is 5.11 Å². The average molecular weight is 481 g/mol. The molecule has 0 spiro atoms. The van der Waals surface area contributed by atoms with Crippen LogP contribution in [0.2, 0.25) is 0 Å². The monoisotopic (exact) mass is 479 g/mol. The molecule has 0 aromatic heterocycles. The quantitative estimate of drug-likeness (QED) is 0.138. The third kappa shape index (κ3) is 6.23. The lowest BCUT2D eigenvalue weighted by Crippen LogP contribution is -2.64. The van der Waals surface area contributed by atoms with E-state index in [-0.39, 0.29) is 13.2 Å². The van der Waals surface area contributed by atoms with E-state index >= 15 is 0 Å². The second-order valence-corrected chi connectivity index (χ2v) is 7.49. The van der Waals surface area contributed by atoms with E-state index in [2.05, 4.69) is 16.6 Å². The number of amides is 1. The Bertz CT molecular complexity index is 794. The fourth-order valence-electron chi connectivity index (χ4n) is 2.98. The normalized spacial score (nSPS) is 26.9. The van der Waals surface area contributed by atoms with Gasteiger partial charge in [-0.3, -0.25) is 4.79 Å². The van der Waals surface area contributed by atoms with Gasteiger partial charge in [-0.15, -0.1) is 6.58 Å². The molecule has 1 aromatic rings. The van der Waals surface area contributed by atoms with Gasteiger partial charge >= 0.3 is 0 Å². The summed E-state index contributed by atoms with van der Waals surface area (Å²) < 4.78 is 25.3. The standard InChI is InChI=1S/C18H21Cl3N4O5/c1-2-8-28-18-14(25(21)17(27)16(19)20)13(23-24-22)15(12(9-26)30-18)29-10-11-6-4-3-5-7-11/h2-7,12-16,18,26H,1,8-10H2/t12-,13-,14-,15-,18?/m1/s1/i16D. The second kappa shape index (κ2) is 12.3. The van der Waals surface area contributed by atoms with Gasteiger partial charge in [-0.25, -0.2) is 4.42 Å². The van der Waals surface area contributed by atoms with Gasteiger partial charge in [0.2, 0.25) is 0 Å². The molecular weight excluding hydrogens is 459 g/mol. The number of benzene rings is 1. The first-order valence-electron chi connectivity index (χ1n) is 9.30. The molecule has 0 saturated carbocycles. The Kier molecular flexibility index (Phi) is 9.51. The van der Waals surface area contributed by atoms with Crippen molar-refractivity contribution in [2.45, 2.75) is 42.0 Å². The summed E-state index contributed by atoms with van der Waals surface area (Å²) in [6.07, 6.45) is -1.83. The maximum Gasteiger partial charge on any atom is 0.270 e. The van der Waals surface area contributed by atoms with Crippen LogP contribution in [0, 0.1) is 0 Å². The number of aliphatic hydroxyl groups is 1. The van der Waals surface area contributed by atoms with Crippen LogP contribution >= 0.6 is 35.0 Å². The number of hydrogen-bond donors (Lipinski definition) is 1. The van der Waals surface area contributed by atoms with Gasteiger partial charge in [0.05, 0.1) is 33.3 Å². The summed E-state index contributed by atoms with van der Waals surface area (Å²) in [6, 6.07) is 6.66. The van der Waals surface area contributed by atoms with Gasteiger partial charge in [-0.05, 0) is 11.1 Å². The lowest BCUT2D eigenvalue weighted by molar-refractivity contribution is -0.260. The van der Waals surface area contributed by atoms with Crippen LogP contribution in [0.1, 0.15) is 6.93 Å². The maximum absolute atomic E-state index is 12.5. The summed E-state index contributed by atoms with van der Waals surface area (Å²) in [7, 11) is 0. The van der Waals surface area contributed by atoms with E-state index in [0.717, 1.165) is 5.56 Å². The minimum Gasteiger partial charge on any atom is -0.394 e. The van der Waals surface area contributed by atoms with Gasteiger partial charge in [-0.1, -0.05) is 64.7 Å². The highest BCUT2D eigenvalue weighted by Gasteiger charge is 2.50. The fourth-order valence-corrected chi connectivity index (χ4v) is 3.54. The van der Waals surface area contributed by atoms with Crippen molar-refractivity contribution in [1.82, 2.24) is 4.42 Å². The minimum absolute atomic E-state index is 0.00940. The molecule has 0 bridgehead atoms. The number of ether oxygens (including phenoxy) is 3. The van der Waals surface area contributed by atoms with Gasteiger partial charge in [0.15, 0.2) is 11.1 Å². The molecule has 1 N–H and O–H groups in total. The predicted octanol–water partition coefficient (Wildman–Crippen LogP) is 3.33. The van der Waals surface area contributed by atoms with Gasteiger partial charge < -0.3 is 19.3 Å². The molecule has 0 aliphatic carbocycles. The number of alkyl halides is 2. The molecule has 9 nitrogen and oxygen atoms in total. The molecule has 1 aromatic carbocycles. The summed E-state index contributed by atoms with van der Waals surface area (Å²) in [5, 5.41) is 13.6. The lowest BCUT2D eigenvalue weighted by atomic mass is 9.94. The van der Waals surface area contributed by atoms with Crippen LogP contribution in [-0.2, 0) is 25.6 Å². The third-order valence-electron chi connectivity index (χ3n) is 4.29. The molecule has 12 heteroatoms. The summed E-state index contributed by atoms with van der Waals surface area (Å²) in [5.41, 5.74) is 9.96. The van der Waals surface area contributed by atoms with Crippen molar-refractivity contribution in [3.8, 4) is 0 Å². The molecule has 1 unspecified atom stereocenters. The first-order valence-corrected chi connectivity index (χ1v) is 9.89. The van der Waals surface area contributed by atoms with Crippen LogP contribution in [0.4, 0.5) is 0 Å². The maximum atomic E-state index is 12.5. The minimum atomic E-state index is -2.61. The molecular formula is C18H21Cl3N4O5. The zero-order valence-electron chi connectivity index (χ0n) is 16.7. The number of hydrogen-bond acceptors (Lipinski definition) is 6. The van der Waals surface area contributed by atoms with Crippen LogP contribution in [0.3, 0.4) is 0 Å². The molecule has 1 aliphatic rings. The van der Waals surface area contributed by atoms with E-state index in [1.54, 1.807) is 0 Å². The van der Waals surface area contributed by atoms with E-state index < -0.39 is 47.9 Å². The summed E-state index contributed by atoms with van der Waals surface area (Å²) in [4.78, 5) is 12.7. The Hall–Kier alpha value is -1.55. The van der Waals surface area contributed by atoms with Gasteiger partial charge in [0, 0.05) is 16.7 Å². The van der Waals surface area contributed by atoms with Gasteiger partial charge in [0.25, 0.3) is 5.91 Å². The van der Waals surface area contributed by atoms with Crippen molar-refractivity contribution in [3.63, 3.8) is 0 Å². The van der Waals surface area contributed by atoms with E-state index in [1.807, 2.05) is 30.3 Å². The Morgan fingerprint density at radius 3 is 2.73 bits per heavy atom. The largest absolute Gasteiger partial charge is 0.394 e. The molecule has 1 saturated heterocycles. The number of rotatable bonds is 10. The van der Waals surface area contributed by atoms with Crippen LogP contribution in [0.15, 0.2) is 48.1 Å². The molecule has 1 heterocycles. The molecule has 5 atom stereocenters. The Labute approximate surface area is 190 Å². The highest BCUT2D eigenvalue weighted by atomic mass is 35.5. The highest BCUT2D eigenvalue weighted by Crippen LogP contribution is 2.33. The molecule has 164 valence electrons. The zero-order valence-corrected chi connectivity index (χ0v) is 18.0. The molecule has 0 radical (unpaired) electrons. The summed E-state index contributed by atoms with van der Waals surface area (Å²) in [5.74, 6) is -1.21. The SMILES string of the molecule is [2H]C(Cl)(Cl)C(=O)N(Cl)[C@H]1C(OCC=C)O[C@H](CO)[C@@H](OCc2ccccc2)[C@@H]1N=[N+]=[N-]. The average Bonchev–Trinajstić information content (AvgIpc) is 2.75. The molecule has 1 amide bonds. The van der Waals surface area contributed by atoms with Crippen molar-refractivity contribution in [1.29, 1.82) is 0 Å². The first-order chi connectivity index (χ1) is 14.7. The number of halogens is 3. The fraction of sp³-hybridized carbons (Fsp3) is 0.500. The topological polar surface area (TPSA) is 117 Å². The second-order valence-electron chi connectivity index (χ2n) is 6.17. The lowest BCUT2D eigenvalue weighted by Gasteiger charge is -2.46. The van der Waals surface area contributed by atoms with Gasteiger partial charge in [-0.2, -0.15) is 0 Å². The van der Waals surface area contributed by atoms with E-state index in [0.29, 0.717) is 4.42 Å². The Balaban J connectivity index is 2.40. The number of carbonyl (C=O) groups excluding carboxylic acids is 1. The van der Waals surface area contributed by atoms with E-state index in [9.17, 15) is 9.90 Å². The van der Waals surface area contributed by atoms with Crippen LogP contribution in [-0.4, -0.2) is 64.0 Å². The van der Waals surface area contributed by atoms with Crippen LogP contribution in [0.25, 0.3) is 10.4 Å². The predicted molar refractivity (Wildman–Crippen MR) is 112 cm³/mol. The van der Waals surface area contributed by atoms with Crippen molar-refractivity contribution in [3.05, 3.63) is 59.0 Å². The molecule has 1 fully saturated rings. The van der Waals surface area contributed by atoms with E-state index in [4.69, 9.17) is 56.1 Å². The Morgan fingerprint density at radius 2 is 2.17 bits per heavy atom. The smallest absolute Gasteiger partial charge is 0.270 e. The number of aliphatic hydroxyl groups excluding tert-OH is 1. The molecule has 2 rings (SSSR count). The van der Waals surface area contributed by atoms with Gasteiger partial charge in [0.1, 0.15) is 12.1 Å². The van der Waals surface area contributed by atoms with Crippen LogP contribution in [0.5, 0.6) is 0 Å². The zero-order chi connectivity index (χ0) is 23.0. The Morgan fingerprint density at radius 1 is 1.47 bits per heavy atom. The number of azide groups is 1. The summed E-state index contributed by atoms with van der Waals surface area (Å²) in [6.45, 7) is 3.13. The highest BCUT2D eigenvalue weighted by molar-refractivity contribution is 6.54. The van der Waals surface area contributed by atoms with E-state index in [1.165, 1.54) is 6.08 Å². The van der Waals surface area contributed by atoms with Crippen molar-refractivity contribution < 1.29 is 25.5 Å². The summed E-state index contributed by atoms with van der Waals surface area (Å²) >= 11 is 17.4.